The lowest BCUT2D eigenvalue weighted by molar-refractivity contribution is 0.117. The van der Waals surface area contributed by atoms with Crippen molar-refractivity contribution in [2.24, 2.45) is 0 Å². The van der Waals surface area contributed by atoms with E-state index in [1.54, 1.807) is 0 Å². The minimum absolute atomic E-state index is 0.879. The van der Waals surface area contributed by atoms with Crippen molar-refractivity contribution in [2.45, 2.75) is 110 Å². The Labute approximate surface area is 168 Å². The molecule has 154 valence electrons. The Morgan fingerprint density at radius 1 is 0.692 bits per heavy atom. The third kappa shape index (κ3) is 16.1. The molecule has 0 N–H and O–H groups in total. The second-order valence-electron chi connectivity index (χ2n) is 7.81. The molecule has 0 aromatic rings. The van der Waals surface area contributed by atoms with Crippen LogP contribution < -0.4 is 0 Å². The molecular weight excluding hydrogens is 338 g/mol. The lowest BCUT2D eigenvalue weighted by Crippen LogP contribution is -2.19. The molecule has 26 heavy (non-hydrogen) atoms. The third-order valence-corrected chi connectivity index (χ3v) is 6.07. The zero-order chi connectivity index (χ0) is 18.5. The van der Waals surface area contributed by atoms with E-state index in [2.05, 4.69) is 23.4 Å². The van der Waals surface area contributed by atoms with Gasteiger partial charge in [0.15, 0.2) is 0 Å². The van der Waals surface area contributed by atoms with Gasteiger partial charge in [-0.3, -0.25) is 0 Å². The van der Waals surface area contributed by atoms with E-state index in [0.29, 0.717) is 0 Å². The van der Waals surface area contributed by atoms with Crippen LogP contribution in [0.3, 0.4) is 0 Å². The monoisotopic (exact) mass is 383 g/mol. The Morgan fingerprint density at radius 3 is 1.65 bits per heavy atom. The number of hydrogen-bond acceptors (Lipinski definition) is 3. The molecule has 0 atom stereocenters. The first kappa shape index (κ1) is 23.9. The van der Waals surface area contributed by atoms with Gasteiger partial charge in [0.25, 0.3) is 0 Å². The quantitative estimate of drug-likeness (QED) is 0.199. The molecule has 1 rings (SSSR count). The predicted molar refractivity (Wildman–Crippen MR) is 119 cm³/mol. The summed E-state index contributed by atoms with van der Waals surface area (Å²) in [6, 6.07) is 0. The molecule has 0 aromatic heterocycles. The van der Waals surface area contributed by atoms with Crippen molar-refractivity contribution >= 4 is 11.8 Å². The van der Waals surface area contributed by atoms with Gasteiger partial charge < -0.3 is 9.64 Å². The summed E-state index contributed by atoms with van der Waals surface area (Å²) in [7, 11) is 0. The SMILES string of the molecule is CCCCCCCCCCCCCCCCCCOCCN1C=CSC1. The highest BCUT2D eigenvalue weighted by Crippen LogP contribution is 2.15. The Kier molecular flexibility index (Phi) is 18.0. The van der Waals surface area contributed by atoms with Crippen molar-refractivity contribution in [1.29, 1.82) is 0 Å². The lowest BCUT2D eigenvalue weighted by Gasteiger charge is -2.14. The number of nitrogens with zero attached hydrogens (tertiary/aromatic N) is 1. The molecule has 0 aromatic carbocycles. The standard InChI is InChI=1S/C23H45NOS/c1-2-3-4-5-6-7-8-9-10-11-12-13-14-15-16-17-20-25-21-18-24-19-22-26-23-24/h19,22H,2-18,20-21,23H2,1H3. The van der Waals surface area contributed by atoms with Gasteiger partial charge in [0, 0.05) is 19.4 Å². The number of hydrogen-bond donors (Lipinski definition) is 0. The van der Waals surface area contributed by atoms with E-state index >= 15 is 0 Å². The Morgan fingerprint density at radius 2 is 1.19 bits per heavy atom. The first-order chi connectivity index (χ1) is 12.9. The van der Waals surface area contributed by atoms with E-state index in [1.165, 1.54) is 103 Å². The summed E-state index contributed by atoms with van der Waals surface area (Å²) >= 11 is 1.86. The number of rotatable bonds is 20. The van der Waals surface area contributed by atoms with Crippen LogP contribution in [0.2, 0.25) is 0 Å². The summed E-state index contributed by atoms with van der Waals surface area (Å²) in [4.78, 5) is 2.32. The number of ether oxygens (including phenoxy) is 1. The first-order valence-electron chi connectivity index (χ1n) is 11.5. The molecule has 2 nitrogen and oxygen atoms in total. The second kappa shape index (κ2) is 19.6. The topological polar surface area (TPSA) is 12.5 Å². The molecule has 0 spiro atoms. The highest BCUT2D eigenvalue weighted by molar-refractivity contribution is 8.02. The minimum atomic E-state index is 0.879. The van der Waals surface area contributed by atoms with Gasteiger partial charge in [-0.05, 0) is 11.8 Å². The first-order valence-corrected chi connectivity index (χ1v) is 12.6. The molecule has 0 radical (unpaired) electrons. The van der Waals surface area contributed by atoms with Crippen LogP contribution >= 0.6 is 11.8 Å². The molecule has 1 aliphatic rings. The van der Waals surface area contributed by atoms with E-state index < -0.39 is 0 Å². The van der Waals surface area contributed by atoms with Crippen molar-refractivity contribution in [3.8, 4) is 0 Å². The average molecular weight is 384 g/mol. The van der Waals surface area contributed by atoms with Gasteiger partial charge in [0.05, 0.1) is 12.5 Å². The molecule has 0 saturated carbocycles. The van der Waals surface area contributed by atoms with Crippen LogP contribution in [0.25, 0.3) is 0 Å². The van der Waals surface area contributed by atoms with Crippen LogP contribution in [0.15, 0.2) is 11.6 Å². The molecule has 0 bridgehead atoms. The van der Waals surface area contributed by atoms with E-state index in [9.17, 15) is 0 Å². The zero-order valence-electron chi connectivity index (χ0n) is 17.6. The second-order valence-corrected chi connectivity index (χ2v) is 8.67. The molecule has 0 amide bonds. The van der Waals surface area contributed by atoms with Crippen LogP contribution in [0.5, 0.6) is 0 Å². The summed E-state index contributed by atoms with van der Waals surface area (Å²) in [5.74, 6) is 1.10. The van der Waals surface area contributed by atoms with Crippen molar-refractivity contribution in [2.75, 3.05) is 25.6 Å². The van der Waals surface area contributed by atoms with Crippen LogP contribution in [0.4, 0.5) is 0 Å². The molecule has 0 fully saturated rings. The van der Waals surface area contributed by atoms with Gasteiger partial charge in [-0.1, -0.05) is 103 Å². The van der Waals surface area contributed by atoms with Gasteiger partial charge in [-0.25, -0.2) is 0 Å². The van der Waals surface area contributed by atoms with E-state index in [-0.39, 0.29) is 0 Å². The Balaban J connectivity index is 1.63. The van der Waals surface area contributed by atoms with Crippen molar-refractivity contribution in [1.82, 2.24) is 4.90 Å². The largest absolute Gasteiger partial charge is 0.380 e. The fourth-order valence-electron chi connectivity index (χ4n) is 3.49. The normalized spacial score (nSPS) is 13.8. The fourth-order valence-corrected chi connectivity index (χ4v) is 4.24. The van der Waals surface area contributed by atoms with E-state index in [4.69, 9.17) is 4.74 Å². The molecule has 1 heterocycles. The number of thioether (sulfide) groups is 1. The molecule has 1 aliphatic heterocycles. The highest BCUT2D eigenvalue weighted by atomic mass is 32.2. The van der Waals surface area contributed by atoms with Gasteiger partial charge in [0.1, 0.15) is 0 Å². The van der Waals surface area contributed by atoms with Gasteiger partial charge in [-0.15, -0.1) is 11.8 Å². The highest BCUT2D eigenvalue weighted by Gasteiger charge is 2.03. The number of unbranched alkanes of at least 4 members (excludes halogenated alkanes) is 15. The molecular formula is C23H45NOS. The van der Waals surface area contributed by atoms with Crippen LogP contribution in [-0.4, -0.2) is 30.5 Å². The van der Waals surface area contributed by atoms with Crippen LogP contribution in [0.1, 0.15) is 110 Å². The van der Waals surface area contributed by atoms with Crippen molar-refractivity contribution in [3.05, 3.63) is 11.6 Å². The summed E-state index contributed by atoms with van der Waals surface area (Å²) in [5.41, 5.74) is 0. The minimum Gasteiger partial charge on any atom is -0.380 e. The average Bonchev–Trinajstić information content (AvgIpc) is 3.17. The molecule has 0 unspecified atom stereocenters. The summed E-state index contributed by atoms with van der Waals surface area (Å²) in [5, 5.41) is 2.16. The lowest BCUT2D eigenvalue weighted by atomic mass is 10.0. The van der Waals surface area contributed by atoms with Gasteiger partial charge in [-0.2, -0.15) is 0 Å². The maximum Gasteiger partial charge on any atom is 0.0676 e. The van der Waals surface area contributed by atoms with E-state index in [0.717, 1.165) is 25.6 Å². The fraction of sp³-hybridized carbons (Fsp3) is 0.913. The molecule has 0 aliphatic carbocycles. The van der Waals surface area contributed by atoms with E-state index in [1.807, 2.05) is 11.8 Å². The zero-order valence-corrected chi connectivity index (χ0v) is 18.4. The Bertz CT molecular complexity index is 309. The smallest absolute Gasteiger partial charge is 0.0676 e. The van der Waals surface area contributed by atoms with Crippen molar-refractivity contribution < 1.29 is 4.74 Å². The molecule has 0 saturated heterocycles. The van der Waals surface area contributed by atoms with Crippen LogP contribution in [0, 0.1) is 0 Å². The Hall–Kier alpha value is -0.150. The maximum atomic E-state index is 5.73. The van der Waals surface area contributed by atoms with Gasteiger partial charge >= 0.3 is 0 Å². The summed E-state index contributed by atoms with van der Waals surface area (Å²) in [6.45, 7) is 5.17. The summed E-state index contributed by atoms with van der Waals surface area (Å²) < 4.78 is 5.73. The third-order valence-electron chi connectivity index (χ3n) is 5.27. The maximum absolute atomic E-state index is 5.73. The predicted octanol–water partition coefficient (Wildman–Crippen LogP) is 7.74. The molecule has 3 heteroatoms. The van der Waals surface area contributed by atoms with Crippen LogP contribution in [-0.2, 0) is 4.74 Å². The summed E-state index contributed by atoms with van der Waals surface area (Å²) in [6.07, 6.45) is 25.0. The van der Waals surface area contributed by atoms with Gasteiger partial charge in [0.2, 0.25) is 0 Å². The van der Waals surface area contributed by atoms with Crippen molar-refractivity contribution in [3.63, 3.8) is 0 Å².